The molecule has 22 heavy (non-hydrogen) atoms. The first-order chi connectivity index (χ1) is 10.0. The summed E-state index contributed by atoms with van der Waals surface area (Å²) in [5.74, 6) is 0. The Bertz CT molecular complexity index is 728. The van der Waals surface area contributed by atoms with Crippen molar-refractivity contribution in [1.82, 2.24) is 15.0 Å². The summed E-state index contributed by atoms with van der Waals surface area (Å²) >= 11 is 4.71. The van der Waals surface area contributed by atoms with Crippen LogP contribution in [-0.2, 0) is 10.0 Å². The number of benzene rings is 1. The van der Waals surface area contributed by atoms with E-state index in [1.807, 2.05) is 24.3 Å². The van der Waals surface area contributed by atoms with Gasteiger partial charge in [-0.15, -0.1) is 23.7 Å². The van der Waals surface area contributed by atoms with E-state index in [-0.39, 0.29) is 23.5 Å². The van der Waals surface area contributed by atoms with Gasteiger partial charge in [-0.3, -0.25) is 0 Å². The summed E-state index contributed by atoms with van der Waals surface area (Å²) in [4.78, 5) is 4.26. The first-order valence-corrected chi connectivity index (χ1v) is 9.65. The maximum absolute atomic E-state index is 12.3. The molecule has 2 heterocycles. The summed E-state index contributed by atoms with van der Waals surface area (Å²) < 4.78 is 28.2. The van der Waals surface area contributed by atoms with E-state index < -0.39 is 10.0 Å². The molecule has 1 saturated heterocycles. The third kappa shape index (κ3) is 4.06. The number of thiazole rings is 1. The second-order valence-electron chi connectivity index (χ2n) is 4.81. The number of nitrogens with one attached hydrogen (secondary N) is 2. The van der Waals surface area contributed by atoms with Gasteiger partial charge in [-0.25, -0.2) is 18.1 Å². The smallest absolute Gasteiger partial charge is 0.259 e. The molecule has 120 valence electrons. The predicted octanol–water partition coefficient (Wildman–Crippen LogP) is 2.63. The third-order valence-corrected chi connectivity index (χ3v) is 6.20. The zero-order chi connectivity index (χ0) is 14.9. The Balaban J connectivity index is 0.00000176. The fraction of sp³-hybridized carbons (Fsp3) is 0.308. The van der Waals surface area contributed by atoms with E-state index in [1.54, 1.807) is 5.38 Å². The summed E-state index contributed by atoms with van der Waals surface area (Å²) in [5, 5.41) is 5.51. The van der Waals surface area contributed by atoms with Crippen LogP contribution in [0.3, 0.4) is 0 Å². The Labute approximate surface area is 148 Å². The lowest BCUT2D eigenvalue weighted by Gasteiger charge is -2.09. The SMILES string of the molecule is Cl.O=S(=O)(NC1CCNC1)c1csc(-c2ccc(Br)cc2)n1. The molecule has 1 atom stereocenters. The van der Waals surface area contributed by atoms with Crippen LogP contribution in [0.4, 0.5) is 0 Å². The minimum absolute atomic E-state index is 0. The van der Waals surface area contributed by atoms with E-state index in [4.69, 9.17) is 0 Å². The van der Waals surface area contributed by atoms with E-state index >= 15 is 0 Å². The second kappa shape index (κ2) is 7.37. The summed E-state index contributed by atoms with van der Waals surface area (Å²) in [6.07, 6.45) is 0.808. The molecule has 0 amide bonds. The van der Waals surface area contributed by atoms with Gasteiger partial charge < -0.3 is 5.32 Å². The highest BCUT2D eigenvalue weighted by Crippen LogP contribution is 2.26. The van der Waals surface area contributed by atoms with Gasteiger partial charge in [-0.2, -0.15) is 0 Å². The van der Waals surface area contributed by atoms with Gasteiger partial charge in [0.1, 0.15) is 5.01 Å². The molecular weight excluding hydrogens is 410 g/mol. The minimum Gasteiger partial charge on any atom is -0.315 e. The van der Waals surface area contributed by atoms with Crippen molar-refractivity contribution in [3.8, 4) is 10.6 Å². The molecular formula is C13H15BrClN3O2S2. The van der Waals surface area contributed by atoms with E-state index in [9.17, 15) is 8.42 Å². The van der Waals surface area contributed by atoms with Crippen LogP contribution < -0.4 is 10.0 Å². The number of hydrogen-bond acceptors (Lipinski definition) is 5. The monoisotopic (exact) mass is 423 g/mol. The van der Waals surface area contributed by atoms with Gasteiger partial charge in [0.2, 0.25) is 0 Å². The van der Waals surface area contributed by atoms with Gasteiger partial charge in [-0.1, -0.05) is 28.1 Å². The third-order valence-electron chi connectivity index (χ3n) is 3.23. The molecule has 1 aliphatic rings. The van der Waals surface area contributed by atoms with Gasteiger partial charge in [0.05, 0.1) is 0 Å². The van der Waals surface area contributed by atoms with Crippen LogP contribution in [0.25, 0.3) is 10.6 Å². The molecule has 1 aromatic heterocycles. The topological polar surface area (TPSA) is 71.1 Å². The van der Waals surface area contributed by atoms with Crippen LogP contribution in [-0.4, -0.2) is 32.5 Å². The molecule has 5 nitrogen and oxygen atoms in total. The maximum Gasteiger partial charge on any atom is 0.259 e. The van der Waals surface area contributed by atoms with Crippen molar-refractivity contribution in [2.45, 2.75) is 17.5 Å². The zero-order valence-corrected chi connectivity index (χ0v) is 15.5. The number of aromatic nitrogens is 1. The highest BCUT2D eigenvalue weighted by Gasteiger charge is 2.24. The molecule has 9 heteroatoms. The standard InChI is InChI=1S/C13H14BrN3O2S2.ClH/c14-10-3-1-9(2-4-10)13-16-12(8-20-13)21(18,19)17-11-5-6-15-7-11;/h1-4,8,11,15,17H,5-7H2;1H. The van der Waals surface area contributed by atoms with E-state index in [0.29, 0.717) is 11.6 Å². The number of hydrogen-bond donors (Lipinski definition) is 2. The molecule has 3 rings (SSSR count). The van der Waals surface area contributed by atoms with Gasteiger partial charge in [0.25, 0.3) is 10.0 Å². The normalized spacial score (nSPS) is 18.1. The fourth-order valence-corrected chi connectivity index (χ4v) is 4.78. The van der Waals surface area contributed by atoms with Crippen LogP contribution in [0, 0.1) is 0 Å². The lowest BCUT2D eigenvalue weighted by Crippen LogP contribution is -2.36. The van der Waals surface area contributed by atoms with Gasteiger partial charge in [-0.05, 0) is 25.1 Å². The molecule has 2 aromatic rings. The molecule has 0 bridgehead atoms. The molecule has 2 N–H and O–H groups in total. The second-order valence-corrected chi connectivity index (χ2v) is 8.24. The van der Waals surface area contributed by atoms with Crippen LogP contribution in [0.5, 0.6) is 0 Å². The quantitative estimate of drug-likeness (QED) is 0.791. The average molecular weight is 425 g/mol. The van der Waals surface area contributed by atoms with Crippen molar-refractivity contribution in [3.05, 3.63) is 34.1 Å². The molecule has 0 radical (unpaired) electrons. The van der Waals surface area contributed by atoms with Crippen molar-refractivity contribution in [2.75, 3.05) is 13.1 Å². The summed E-state index contributed by atoms with van der Waals surface area (Å²) in [7, 11) is -3.54. The summed E-state index contributed by atoms with van der Waals surface area (Å²) in [5.41, 5.74) is 0.909. The van der Waals surface area contributed by atoms with Crippen LogP contribution in [0.2, 0.25) is 0 Å². The fourth-order valence-electron chi connectivity index (χ4n) is 2.14. The number of rotatable bonds is 4. The first kappa shape index (κ1) is 17.8. The highest BCUT2D eigenvalue weighted by molar-refractivity contribution is 9.10. The highest BCUT2D eigenvalue weighted by atomic mass is 79.9. The number of sulfonamides is 1. The maximum atomic E-state index is 12.3. The lowest BCUT2D eigenvalue weighted by molar-refractivity contribution is 0.557. The molecule has 0 spiro atoms. The van der Waals surface area contributed by atoms with Crippen molar-refractivity contribution >= 4 is 49.7 Å². The molecule has 1 aromatic carbocycles. The van der Waals surface area contributed by atoms with Crippen LogP contribution in [0.1, 0.15) is 6.42 Å². The van der Waals surface area contributed by atoms with Gasteiger partial charge in [0.15, 0.2) is 5.03 Å². The van der Waals surface area contributed by atoms with Crippen molar-refractivity contribution < 1.29 is 8.42 Å². The number of halogens is 2. The molecule has 0 aliphatic carbocycles. The van der Waals surface area contributed by atoms with Crippen LogP contribution in [0.15, 0.2) is 39.1 Å². The van der Waals surface area contributed by atoms with E-state index in [2.05, 4.69) is 31.0 Å². The largest absolute Gasteiger partial charge is 0.315 e. The zero-order valence-electron chi connectivity index (χ0n) is 11.5. The Morgan fingerprint density at radius 2 is 2.05 bits per heavy atom. The van der Waals surface area contributed by atoms with Crippen LogP contribution >= 0.6 is 39.7 Å². The Morgan fingerprint density at radius 3 is 2.68 bits per heavy atom. The first-order valence-electron chi connectivity index (χ1n) is 6.49. The molecule has 1 unspecified atom stereocenters. The minimum atomic E-state index is -3.54. The Hall–Kier alpha value is -0.510. The Kier molecular flexibility index (Phi) is 5.98. The van der Waals surface area contributed by atoms with E-state index in [1.165, 1.54) is 11.3 Å². The molecule has 1 fully saturated rings. The predicted molar refractivity (Wildman–Crippen MR) is 94.1 cm³/mol. The number of nitrogens with zero attached hydrogens (tertiary/aromatic N) is 1. The van der Waals surface area contributed by atoms with E-state index in [0.717, 1.165) is 23.0 Å². The van der Waals surface area contributed by atoms with Gasteiger partial charge in [0, 0.05) is 28.0 Å². The van der Waals surface area contributed by atoms with Gasteiger partial charge >= 0.3 is 0 Å². The average Bonchev–Trinajstić information content (AvgIpc) is 3.10. The van der Waals surface area contributed by atoms with Crippen molar-refractivity contribution in [2.24, 2.45) is 0 Å². The van der Waals surface area contributed by atoms with Crippen molar-refractivity contribution in [3.63, 3.8) is 0 Å². The lowest BCUT2D eigenvalue weighted by atomic mass is 10.2. The molecule has 0 saturated carbocycles. The summed E-state index contributed by atoms with van der Waals surface area (Å²) in [6, 6.07) is 7.59. The molecule has 1 aliphatic heterocycles. The summed E-state index contributed by atoms with van der Waals surface area (Å²) in [6.45, 7) is 1.51. The van der Waals surface area contributed by atoms with Crippen molar-refractivity contribution in [1.29, 1.82) is 0 Å². The Morgan fingerprint density at radius 1 is 1.32 bits per heavy atom.